The van der Waals surface area contributed by atoms with Crippen molar-refractivity contribution in [1.82, 2.24) is 19.4 Å². The first-order chi connectivity index (χ1) is 10.0. The summed E-state index contributed by atoms with van der Waals surface area (Å²) >= 11 is 0. The average molecular weight is 289 g/mol. The Bertz CT molecular complexity index is 846. The first-order valence-electron chi connectivity index (χ1n) is 5.76. The molecule has 0 spiro atoms. The topological polar surface area (TPSA) is 66.9 Å². The molecule has 3 rings (SSSR count). The average Bonchev–Trinajstić information content (AvgIpc) is 2.89. The van der Waals surface area contributed by atoms with Crippen LogP contribution in [0.4, 0.5) is 13.2 Å². The first-order valence-corrected chi connectivity index (χ1v) is 5.76. The lowest BCUT2D eigenvalue weighted by Gasteiger charge is -2.11. The first kappa shape index (κ1) is 13.1. The highest BCUT2D eigenvalue weighted by atomic mass is 19.4. The largest absolute Gasteiger partial charge is 0.431 e. The minimum absolute atomic E-state index is 0.106. The Labute approximate surface area is 116 Å². The molecule has 0 radical (unpaired) electrons. The summed E-state index contributed by atoms with van der Waals surface area (Å²) in [5.74, 6) is 0. The number of pyridine rings is 1. The highest BCUT2D eigenvalue weighted by molar-refractivity contribution is 5.64. The highest BCUT2D eigenvalue weighted by Crippen LogP contribution is 2.32. The molecule has 0 N–H and O–H groups in total. The molecule has 104 valence electrons. The van der Waals surface area contributed by atoms with E-state index in [1.165, 1.54) is 12.4 Å². The molecule has 0 saturated heterocycles. The molecule has 0 amide bonds. The van der Waals surface area contributed by atoms with E-state index in [0.29, 0.717) is 5.56 Å². The lowest BCUT2D eigenvalue weighted by atomic mass is 10.1. The Morgan fingerprint density at radius 3 is 2.52 bits per heavy atom. The van der Waals surface area contributed by atoms with E-state index in [9.17, 15) is 13.2 Å². The monoisotopic (exact) mass is 289 g/mol. The van der Waals surface area contributed by atoms with Gasteiger partial charge in [-0.05, 0) is 18.2 Å². The molecule has 3 aromatic rings. The second-order valence-electron chi connectivity index (χ2n) is 4.16. The van der Waals surface area contributed by atoms with E-state index in [0.717, 1.165) is 16.8 Å². The standard InChI is InChI=1S/C13H6F3N5/c14-13(15,16)11-5-9(8-1-3-18-4-2-8)20-12-10(6-17)19-7-21(11)12/h1-5,7H. The Balaban J connectivity index is 2.36. The molecule has 21 heavy (non-hydrogen) atoms. The fourth-order valence-electron chi connectivity index (χ4n) is 1.94. The van der Waals surface area contributed by atoms with Crippen molar-refractivity contribution in [3.8, 4) is 17.3 Å². The predicted molar refractivity (Wildman–Crippen MR) is 65.9 cm³/mol. The Kier molecular flexibility index (Phi) is 2.83. The van der Waals surface area contributed by atoms with Crippen LogP contribution < -0.4 is 0 Å². The molecule has 0 aliphatic heterocycles. The maximum Gasteiger partial charge on any atom is 0.431 e. The van der Waals surface area contributed by atoms with Crippen LogP contribution in [0.15, 0.2) is 36.9 Å². The van der Waals surface area contributed by atoms with Crippen LogP contribution >= 0.6 is 0 Å². The number of nitrogens with zero attached hydrogens (tertiary/aromatic N) is 5. The van der Waals surface area contributed by atoms with Crippen LogP contribution in [0.3, 0.4) is 0 Å². The molecule has 0 aliphatic rings. The van der Waals surface area contributed by atoms with Gasteiger partial charge in [-0.25, -0.2) is 9.97 Å². The lowest BCUT2D eigenvalue weighted by Crippen LogP contribution is -2.12. The van der Waals surface area contributed by atoms with Crippen LogP contribution in [0.2, 0.25) is 0 Å². The Hall–Kier alpha value is -2.95. The zero-order valence-electron chi connectivity index (χ0n) is 10.3. The van der Waals surface area contributed by atoms with Gasteiger partial charge in [-0.3, -0.25) is 9.38 Å². The van der Waals surface area contributed by atoms with Crippen LogP contribution in [0.25, 0.3) is 16.9 Å². The van der Waals surface area contributed by atoms with Crippen LogP contribution in [-0.2, 0) is 6.18 Å². The van der Waals surface area contributed by atoms with Crippen LogP contribution in [0.1, 0.15) is 11.4 Å². The number of aromatic nitrogens is 4. The van der Waals surface area contributed by atoms with Gasteiger partial charge in [0.25, 0.3) is 0 Å². The number of nitriles is 1. The number of alkyl halides is 3. The van der Waals surface area contributed by atoms with E-state index < -0.39 is 11.9 Å². The number of hydrogen-bond acceptors (Lipinski definition) is 4. The molecule has 0 aliphatic carbocycles. The molecule has 3 heterocycles. The van der Waals surface area contributed by atoms with E-state index >= 15 is 0 Å². The van der Waals surface area contributed by atoms with Crippen molar-refractivity contribution in [3.63, 3.8) is 0 Å². The van der Waals surface area contributed by atoms with E-state index in [2.05, 4.69) is 15.0 Å². The van der Waals surface area contributed by atoms with Crippen molar-refractivity contribution in [1.29, 1.82) is 5.26 Å². The zero-order valence-corrected chi connectivity index (χ0v) is 10.3. The second kappa shape index (κ2) is 4.56. The molecule has 0 aromatic carbocycles. The minimum Gasteiger partial charge on any atom is -0.278 e. The van der Waals surface area contributed by atoms with Gasteiger partial charge < -0.3 is 0 Å². The number of hydrogen-bond donors (Lipinski definition) is 0. The van der Waals surface area contributed by atoms with Gasteiger partial charge in [0.2, 0.25) is 0 Å². The quantitative estimate of drug-likeness (QED) is 0.690. The number of rotatable bonds is 1. The van der Waals surface area contributed by atoms with Crippen molar-refractivity contribution >= 4 is 5.65 Å². The van der Waals surface area contributed by atoms with E-state index in [4.69, 9.17) is 5.26 Å². The lowest BCUT2D eigenvalue weighted by molar-refractivity contribution is -0.142. The van der Waals surface area contributed by atoms with Crippen LogP contribution in [0.5, 0.6) is 0 Å². The summed E-state index contributed by atoms with van der Waals surface area (Å²) in [6.07, 6.45) is -0.734. The van der Waals surface area contributed by atoms with Crippen molar-refractivity contribution in [2.24, 2.45) is 0 Å². The molecule has 0 unspecified atom stereocenters. The summed E-state index contributed by atoms with van der Waals surface area (Å²) < 4.78 is 40.2. The number of halogens is 3. The fraction of sp³-hybridized carbons (Fsp3) is 0.0769. The maximum absolute atomic E-state index is 13.2. The summed E-state index contributed by atoms with van der Waals surface area (Å²) in [6, 6.07) is 5.74. The van der Waals surface area contributed by atoms with Crippen molar-refractivity contribution in [2.45, 2.75) is 6.18 Å². The molecular formula is C13H6F3N5. The third-order valence-electron chi connectivity index (χ3n) is 2.87. The van der Waals surface area contributed by atoms with E-state index in [1.54, 1.807) is 18.2 Å². The van der Waals surface area contributed by atoms with Gasteiger partial charge in [0, 0.05) is 18.0 Å². The van der Waals surface area contributed by atoms with Gasteiger partial charge >= 0.3 is 6.18 Å². The summed E-state index contributed by atoms with van der Waals surface area (Å²) in [7, 11) is 0. The van der Waals surface area contributed by atoms with Gasteiger partial charge in [-0.2, -0.15) is 18.4 Å². The second-order valence-corrected chi connectivity index (χ2v) is 4.16. The van der Waals surface area contributed by atoms with Gasteiger partial charge in [-0.1, -0.05) is 0 Å². The van der Waals surface area contributed by atoms with Gasteiger partial charge in [-0.15, -0.1) is 0 Å². The van der Waals surface area contributed by atoms with Gasteiger partial charge in [0.1, 0.15) is 18.1 Å². The molecule has 0 saturated carbocycles. The SMILES string of the molecule is N#Cc1ncn2c(C(F)(F)F)cc(-c3ccncc3)nc12. The summed E-state index contributed by atoms with van der Waals surface area (Å²) in [4.78, 5) is 11.6. The molecule has 8 heteroatoms. The molecule has 0 bridgehead atoms. The summed E-state index contributed by atoms with van der Waals surface area (Å²) in [5, 5.41) is 8.92. The third kappa shape index (κ3) is 2.18. The maximum atomic E-state index is 13.2. The molecular weight excluding hydrogens is 283 g/mol. The zero-order chi connectivity index (χ0) is 15.0. The molecule has 0 atom stereocenters. The van der Waals surface area contributed by atoms with Crippen molar-refractivity contribution in [3.05, 3.63) is 48.3 Å². The smallest absolute Gasteiger partial charge is 0.278 e. The fourth-order valence-corrected chi connectivity index (χ4v) is 1.94. The van der Waals surface area contributed by atoms with Crippen molar-refractivity contribution in [2.75, 3.05) is 0 Å². The normalized spacial score (nSPS) is 11.5. The van der Waals surface area contributed by atoms with E-state index in [1.807, 2.05) is 0 Å². The number of fused-ring (bicyclic) bond motifs is 1. The van der Waals surface area contributed by atoms with Crippen molar-refractivity contribution < 1.29 is 13.2 Å². The van der Waals surface area contributed by atoms with E-state index in [-0.39, 0.29) is 17.0 Å². The Morgan fingerprint density at radius 1 is 1.19 bits per heavy atom. The van der Waals surface area contributed by atoms with Crippen LogP contribution in [0, 0.1) is 11.3 Å². The predicted octanol–water partition coefficient (Wildman–Crippen LogP) is 2.68. The molecule has 3 aromatic heterocycles. The summed E-state index contributed by atoms with van der Waals surface area (Å²) in [6.45, 7) is 0. The summed E-state index contributed by atoms with van der Waals surface area (Å²) in [5.41, 5.74) is -0.638. The highest BCUT2D eigenvalue weighted by Gasteiger charge is 2.35. The van der Waals surface area contributed by atoms with Gasteiger partial charge in [0.05, 0.1) is 5.69 Å². The third-order valence-corrected chi connectivity index (χ3v) is 2.87. The van der Waals surface area contributed by atoms with Crippen LogP contribution in [-0.4, -0.2) is 19.4 Å². The van der Waals surface area contributed by atoms with Gasteiger partial charge in [0.15, 0.2) is 11.3 Å². The number of imidazole rings is 1. The Morgan fingerprint density at radius 2 is 1.90 bits per heavy atom. The molecule has 0 fully saturated rings. The molecule has 5 nitrogen and oxygen atoms in total. The minimum atomic E-state index is -4.59.